The fourth-order valence-corrected chi connectivity index (χ4v) is 1.88. The standard InChI is InChI=1S/C17H18N2O2/c1-13-7-10-15(11-8-13)18-19-16(17(20)21)12-9-14-5-3-2-4-6-14/h2-8,10-11,18H,9,12H2,1H3,(H,20,21). The van der Waals surface area contributed by atoms with Crippen LogP contribution in [0.3, 0.4) is 0 Å². The van der Waals surface area contributed by atoms with Crippen LogP contribution in [0.4, 0.5) is 5.69 Å². The van der Waals surface area contributed by atoms with Crippen molar-refractivity contribution in [1.82, 2.24) is 0 Å². The number of rotatable bonds is 6. The number of anilines is 1. The van der Waals surface area contributed by atoms with Crippen molar-refractivity contribution in [2.24, 2.45) is 5.10 Å². The van der Waals surface area contributed by atoms with Crippen LogP contribution >= 0.6 is 0 Å². The number of aliphatic carboxylic acids is 1. The topological polar surface area (TPSA) is 61.7 Å². The van der Waals surface area contributed by atoms with Gasteiger partial charge in [0.1, 0.15) is 5.71 Å². The Morgan fingerprint density at radius 3 is 2.38 bits per heavy atom. The Morgan fingerprint density at radius 2 is 1.76 bits per heavy atom. The van der Waals surface area contributed by atoms with E-state index in [2.05, 4.69) is 10.5 Å². The van der Waals surface area contributed by atoms with Crippen LogP contribution in [-0.4, -0.2) is 16.8 Å². The summed E-state index contributed by atoms with van der Waals surface area (Å²) in [6, 6.07) is 17.4. The first-order chi connectivity index (χ1) is 10.1. The maximum absolute atomic E-state index is 11.2. The van der Waals surface area contributed by atoms with Crippen molar-refractivity contribution < 1.29 is 9.90 Å². The van der Waals surface area contributed by atoms with Crippen molar-refractivity contribution in [3.8, 4) is 0 Å². The number of hydrazone groups is 1. The van der Waals surface area contributed by atoms with Gasteiger partial charge in [-0.15, -0.1) is 0 Å². The predicted octanol–water partition coefficient (Wildman–Crippen LogP) is 3.48. The van der Waals surface area contributed by atoms with Gasteiger partial charge in [-0.1, -0.05) is 48.0 Å². The van der Waals surface area contributed by atoms with E-state index in [1.54, 1.807) is 0 Å². The van der Waals surface area contributed by atoms with Crippen LogP contribution in [0.25, 0.3) is 0 Å². The molecule has 21 heavy (non-hydrogen) atoms. The highest BCUT2D eigenvalue weighted by Gasteiger charge is 2.09. The molecule has 2 N–H and O–H groups in total. The van der Waals surface area contributed by atoms with E-state index in [4.69, 9.17) is 0 Å². The summed E-state index contributed by atoms with van der Waals surface area (Å²) < 4.78 is 0. The van der Waals surface area contributed by atoms with Crippen molar-refractivity contribution in [2.75, 3.05) is 5.43 Å². The molecule has 0 aliphatic rings. The van der Waals surface area contributed by atoms with Gasteiger partial charge in [-0.2, -0.15) is 5.10 Å². The summed E-state index contributed by atoms with van der Waals surface area (Å²) in [6.07, 6.45) is 1.04. The lowest BCUT2D eigenvalue weighted by Crippen LogP contribution is -2.15. The molecule has 0 aromatic heterocycles. The van der Waals surface area contributed by atoms with Gasteiger partial charge < -0.3 is 5.11 Å². The van der Waals surface area contributed by atoms with E-state index in [1.807, 2.05) is 61.5 Å². The number of nitrogens with zero attached hydrogens (tertiary/aromatic N) is 1. The van der Waals surface area contributed by atoms with E-state index in [-0.39, 0.29) is 5.71 Å². The molecule has 0 amide bonds. The Hall–Kier alpha value is -2.62. The van der Waals surface area contributed by atoms with Crippen molar-refractivity contribution in [2.45, 2.75) is 19.8 Å². The molecule has 0 saturated carbocycles. The van der Waals surface area contributed by atoms with E-state index in [1.165, 1.54) is 0 Å². The molecule has 108 valence electrons. The summed E-state index contributed by atoms with van der Waals surface area (Å²) in [7, 11) is 0. The van der Waals surface area contributed by atoms with Crippen molar-refractivity contribution in [1.29, 1.82) is 0 Å². The zero-order chi connectivity index (χ0) is 15.1. The third-order valence-electron chi connectivity index (χ3n) is 3.11. The van der Waals surface area contributed by atoms with E-state index in [0.29, 0.717) is 12.8 Å². The Balaban J connectivity index is 1.99. The number of carboxylic acids is 1. The van der Waals surface area contributed by atoms with Gasteiger partial charge in [0.2, 0.25) is 0 Å². The molecule has 2 rings (SSSR count). The Bertz CT molecular complexity index is 619. The lowest BCUT2D eigenvalue weighted by atomic mass is 10.1. The van der Waals surface area contributed by atoms with Crippen LogP contribution in [0.1, 0.15) is 17.5 Å². The number of carboxylic acid groups (broad SMARTS) is 1. The first-order valence-corrected chi connectivity index (χ1v) is 6.81. The zero-order valence-corrected chi connectivity index (χ0v) is 11.9. The van der Waals surface area contributed by atoms with Crippen LogP contribution in [0.5, 0.6) is 0 Å². The molecular weight excluding hydrogens is 264 g/mol. The number of nitrogens with one attached hydrogen (secondary N) is 1. The van der Waals surface area contributed by atoms with Gasteiger partial charge in [0.15, 0.2) is 0 Å². The normalized spacial score (nSPS) is 11.2. The van der Waals surface area contributed by atoms with Crippen LogP contribution < -0.4 is 5.43 Å². The Morgan fingerprint density at radius 1 is 1.10 bits per heavy atom. The van der Waals surface area contributed by atoms with Gasteiger partial charge in [0.25, 0.3) is 0 Å². The summed E-state index contributed by atoms with van der Waals surface area (Å²) in [6.45, 7) is 2.00. The molecule has 2 aromatic carbocycles. The number of hydrogen-bond acceptors (Lipinski definition) is 3. The Kier molecular flexibility index (Phi) is 5.10. The Labute approximate surface area is 124 Å². The third-order valence-corrected chi connectivity index (χ3v) is 3.11. The second-order valence-electron chi connectivity index (χ2n) is 4.83. The smallest absolute Gasteiger partial charge is 0.352 e. The van der Waals surface area contributed by atoms with Crippen LogP contribution in [0.2, 0.25) is 0 Å². The van der Waals surface area contributed by atoms with Gasteiger partial charge in [-0.25, -0.2) is 4.79 Å². The highest BCUT2D eigenvalue weighted by molar-refractivity contribution is 6.35. The number of hydrogen-bond donors (Lipinski definition) is 2. The minimum absolute atomic E-state index is 0.124. The van der Waals surface area contributed by atoms with Crippen LogP contribution in [0, 0.1) is 6.92 Å². The van der Waals surface area contributed by atoms with E-state index < -0.39 is 5.97 Å². The molecule has 0 atom stereocenters. The third kappa shape index (κ3) is 4.76. The quantitative estimate of drug-likeness (QED) is 0.630. The second-order valence-corrected chi connectivity index (χ2v) is 4.83. The molecule has 0 bridgehead atoms. The molecule has 4 heteroatoms. The molecular formula is C17H18N2O2. The fraction of sp³-hybridized carbons (Fsp3) is 0.176. The number of benzene rings is 2. The van der Waals surface area contributed by atoms with Crippen molar-refractivity contribution >= 4 is 17.4 Å². The average molecular weight is 282 g/mol. The largest absolute Gasteiger partial charge is 0.477 e. The first-order valence-electron chi connectivity index (χ1n) is 6.81. The molecule has 0 aliphatic carbocycles. The lowest BCUT2D eigenvalue weighted by molar-refractivity contribution is -0.129. The summed E-state index contributed by atoms with van der Waals surface area (Å²) in [5.74, 6) is -0.995. The molecule has 4 nitrogen and oxygen atoms in total. The maximum Gasteiger partial charge on any atom is 0.352 e. The van der Waals surface area contributed by atoms with Crippen molar-refractivity contribution in [3.63, 3.8) is 0 Å². The van der Waals surface area contributed by atoms with Crippen LogP contribution in [0.15, 0.2) is 59.7 Å². The summed E-state index contributed by atoms with van der Waals surface area (Å²) in [5, 5.41) is 13.2. The second kappa shape index (κ2) is 7.24. The van der Waals surface area contributed by atoms with Gasteiger partial charge in [0.05, 0.1) is 5.69 Å². The highest BCUT2D eigenvalue weighted by Crippen LogP contribution is 2.09. The van der Waals surface area contributed by atoms with E-state index in [0.717, 1.165) is 16.8 Å². The first kappa shape index (κ1) is 14.8. The van der Waals surface area contributed by atoms with Gasteiger partial charge >= 0.3 is 5.97 Å². The summed E-state index contributed by atoms with van der Waals surface area (Å²) >= 11 is 0. The molecule has 2 aromatic rings. The van der Waals surface area contributed by atoms with Gasteiger partial charge in [-0.3, -0.25) is 5.43 Å². The SMILES string of the molecule is Cc1ccc(NN=C(CCc2ccccc2)C(=O)O)cc1. The maximum atomic E-state index is 11.2. The van der Waals surface area contributed by atoms with Crippen molar-refractivity contribution in [3.05, 3.63) is 65.7 Å². The van der Waals surface area contributed by atoms with Gasteiger partial charge in [0, 0.05) is 6.42 Å². The fourth-order valence-electron chi connectivity index (χ4n) is 1.88. The monoisotopic (exact) mass is 282 g/mol. The zero-order valence-electron chi connectivity index (χ0n) is 11.9. The predicted molar refractivity (Wildman–Crippen MR) is 84.6 cm³/mol. The molecule has 0 aliphatic heterocycles. The number of carbonyl (C=O) groups is 1. The molecule has 0 heterocycles. The van der Waals surface area contributed by atoms with Crippen LogP contribution in [-0.2, 0) is 11.2 Å². The minimum atomic E-state index is -0.995. The summed E-state index contributed by atoms with van der Waals surface area (Å²) in [4.78, 5) is 11.2. The molecule has 0 unspecified atom stereocenters. The van der Waals surface area contributed by atoms with E-state index in [9.17, 15) is 9.90 Å². The molecule has 0 spiro atoms. The molecule has 0 radical (unpaired) electrons. The highest BCUT2D eigenvalue weighted by atomic mass is 16.4. The lowest BCUT2D eigenvalue weighted by Gasteiger charge is -2.05. The minimum Gasteiger partial charge on any atom is -0.477 e. The van der Waals surface area contributed by atoms with Gasteiger partial charge in [-0.05, 0) is 31.0 Å². The van der Waals surface area contributed by atoms with E-state index >= 15 is 0 Å². The summed E-state index contributed by atoms with van der Waals surface area (Å²) in [5.41, 5.74) is 5.94. The number of aryl methyl sites for hydroxylation is 2. The molecule has 0 fully saturated rings. The molecule has 0 saturated heterocycles. The average Bonchev–Trinajstić information content (AvgIpc) is 2.49.